The highest BCUT2D eigenvalue weighted by atomic mass is 32.2. The molecule has 0 aliphatic carbocycles. The summed E-state index contributed by atoms with van der Waals surface area (Å²) in [6.45, 7) is 5.29. The number of carbonyl (C=O) groups is 1. The van der Waals surface area contributed by atoms with Gasteiger partial charge in [0, 0.05) is 13.2 Å². The molecule has 2 heterocycles. The summed E-state index contributed by atoms with van der Waals surface area (Å²) in [7, 11) is 0. The van der Waals surface area contributed by atoms with Crippen LogP contribution in [0.25, 0.3) is 16.6 Å². The minimum absolute atomic E-state index is 0.0927. The molecule has 30 heavy (non-hydrogen) atoms. The van der Waals surface area contributed by atoms with Crippen LogP contribution in [0.2, 0.25) is 0 Å². The quantitative estimate of drug-likeness (QED) is 0.486. The maximum absolute atomic E-state index is 13.3. The van der Waals surface area contributed by atoms with Gasteiger partial charge in [-0.3, -0.25) is 14.2 Å². The second kappa shape index (κ2) is 9.02. The number of ether oxygens (including phenoxy) is 1. The number of nitrogens with zero attached hydrogens (tertiary/aromatic N) is 2. The van der Waals surface area contributed by atoms with Crippen molar-refractivity contribution >= 4 is 28.6 Å². The van der Waals surface area contributed by atoms with E-state index in [4.69, 9.17) is 9.72 Å². The van der Waals surface area contributed by atoms with Crippen molar-refractivity contribution < 1.29 is 9.53 Å². The molecule has 1 fully saturated rings. The van der Waals surface area contributed by atoms with Gasteiger partial charge in [-0.15, -0.1) is 0 Å². The largest absolute Gasteiger partial charge is 0.376 e. The number of para-hydroxylation sites is 1. The monoisotopic (exact) mass is 423 g/mol. The summed E-state index contributed by atoms with van der Waals surface area (Å²) in [5.74, 6) is 0.0901. The normalized spacial score (nSPS) is 16.1. The van der Waals surface area contributed by atoms with E-state index in [1.165, 1.54) is 11.8 Å². The molecule has 7 heteroatoms. The molecule has 6 nitrogen and oxygen atoms in total. The van der Waals surface area contributed by atoms with Crippen LogP contribution in [0, 0.1) is 13.8 Å². The molecule has 0 unspecified atom stereocenters. The van der Waals surface area contributed by atoms with Crippen molar-refractivity contribution in [1.29, 1.82) is 0 Å². The molecule has 156 valence electrons. The Labute approximate surface area is 179 Å². The van der Waals surface area contributed by atoms with E-state index in [9.17, 15) is 9.59 Å². The molecular formula is C23H25N3O3S. The van der Waals surface area contributed by atoms with E-state index in [-0.39, 0.29) is 23.3 Å². The topological polar surface area (TPSA) is 73.2 Å². The van der Waals surface area contributed by atoms with Gasteiger partial charge in [0.05, 0.1) is 28.4 Å². The Morgan fingerprint density at radius 1 is 1.23 bits per heavy atom. The van der Waals surface area contributed by atoms with E-state index >= 15 is 0 Å². The van der Waals surface area contributed by atoms with Gasteiger partial charge in [-0.05, 0) is 62.1 Å². The highest BCUT2D eigenvalue weighted by Crippen LogP contribution is 2.22. The molecule has 1 saturated heterocycles. The van der Waals surface area contributed by atoms with Gasteiger partial charge in [-0.1, -0.05) is 30.0 Å². The second-order valence-electron chi connectivity index (χ2n) is 7.63. The van der Waals surface area contributed by atoms with E-state index in [1.807, 2.05) is 44.2 Å². The van der Waals surface area contributed by atoms with Crippen LogP contribution in [0.4, 0.5) is 0 Å². The summed E-state index contributed by atoms with van der Waals surface area (Å²) in [6, 6.07) is 13.3. The Morgan fingerprint density at radius 3 is 2.73 bits per heavy atom. The molecule has 1 N–H and O–H groups in total. The third-order valence-corrected chi connectivity index (χ3v) is 6.03. The maximum Gasteiger partial charge on any atom is 0.266 e. The van der Waals surface area contributed by atoms with Gasteiger partial charge in [-0.2, -0.15) is 0 Å². The fourth-order valence-corrected chi connectivity index (χ4v) is 4.57. The Morgan fingerprint density at radius 2 is 2.00 bits per heavy atom. The SMILES string of the molecule is Cc1cc(C)cc(-n2c(SCC(=O)NC[C@H]3CCCO3)nc3ccccc3c2=O)c1. The zero-order valence-electron chi connectivity index (χ0n) is 17.2. The van der Waals surface area contributed by atoms with E-state index in [0.717, 1.165) is 36.3 Å². The third kappa shape index (κ3) is 4.57. The molecule has 0 radical (unpaired) electrons. The van der Waals surface area contributed by atoms with Crippen LogP contribution >= 0.6 is 11.8 Å². The lowest BCUT2D eigenvalue weighted by Crippen LogP contribution is -2.33. The predicted octanol–water partition coefficient (Wildman–Crippen LogP) is 3.39. The molecule has 0 saturated carbocycles. The van der Waals surface area contributed by atoms with Crippen LogP contribution in [-0.2, 0) is 9.53 Å². The average molecular weight is 424 g/mol. The Hall–Kier alpha value is -2.64. The van der Waals surface area contributed by atoms with Crippen molar-refractivity contribution in [2.75, 3.05) is 18.9 Å². The van der Waals surface area contributed by atoms with Crippen LogP contribution in [-0.4, -0.2) is 40.5 Å². The number of aryl methyl sites for hydroxylation is 2. The van der Waals surface area contributed by atoms with Crippen LogP contribution in [0.5, 0.6) is 0 Å². The van der Waals surface area contributed by atoms with Crippen LogP contribution in [0.1, 0.15) is 24.0 Å². The first kappa shape index (κ1) is 20.6. The highest BCUT2D eigenvalue weighted by molar-refractivity contribution is 7.99. The zero-order chi connectivity index (χ0) is 21.1. The summed E-state index contributed by atoms with van der Waals surface area (Å²) >= 11 is 1.27. The highest BCUT2D eigenvalue weighted by Gasteiger charge is 2.18. The third-order valence-electron chi connectivity index (χ3n) is 5.09. The molecule has 3 aromatic rings. The fraction of sp³-hybridized carbons (Fsp3) is 0.348. The number of benzene rings is 2. The van der Waals surface area contributed by atoms with E-state index in [0.29, 0.717) is 22.6 Å². The molecule has 1 aromatic heterocycles. The smallest absolute Gasteiger partial charge is 0.266 e. The number of hydrogen-bond donors (Lipinski definition) is 1. The van der Waals surface area contributed by atoms with Gasteiger partial charge in [0.1, 0.15) is 0 Å². The summed E-state index contributed by atoms with van der Waals surface area (Å²) in [5, 5.41) is 3.99. The van der Waals surface area contributed by atoms with E-state index in [2.05, 4.69) is 11.4 Å². The first-order valence-electron chi connectivity index (χ1n) is 10.1. The summed E-state index contributed by atoms with van der Waals surface area (Å²) in [4.78, 5) is 30.4. The molecule has 0 bridgehead atoms. The number of aromatic nitrogens is 2. The lowest BCUT2D eigenvalue weighted by Gasteiger charge is -2.15. The molecule has 1 amide bonds. The first-order valence-corrected chi connectivity index (χ1v) is 11.1. The minimum atomic E-state index is -0.132. The number of nitrogens with one attached hydrogen (secondary N) is 1. The molecular weight excluding hydrogens is 398 g/mol. The van der Waals surface area contributed by atoms with Crippen molar-refractivity contribution in [3.63, 3.8) is 0 Å². The fourth-order valence-electron chi connectivity index (χ4n) is 3.73. The van der Waals surface area contributed by atoms with Gasteiger partial charge >= 0.3 is 0 Å². The second-order valence-corrected chi connectivity index (χ2v) is 8.57. The van der Waals surface area contributed by atoms with E-state index in [1.54, 1.807) is 10.6 Å². The number of carbonyl (C=O) groups excluding carboxylic acids is 1. The van der Waals surface area contributed by atoms with Gasteiger partial charge in [-0.25, -0.2) is 4.98 Å². The first-order chi connectivity index (χ1) is 14.5. The Bertz CT molecular complexity index is 1120. The van der Waals surface area contributed by atoms with Crippen LogP contribution in [0.15, 0.2) is 52.4 Å². The molecule has 1 aliphatic rings. The predicted molar refractivity (Wildman–Crippen MR) is 120 cm³/mol. The minimum Gasteiger partial charge on any atom is -0.376 e. The zero-order valence-corrected chi connectivity index (χ0v) is 18.0. The summed E-state index contributed by atoms with van der Waals surface area (Å²) in [6.07, 6.45) is 2.12. The molecule has 0 spiro atoms. The lowest BCUT2D eigenvalue weighted by atomic mass is 10.1. The van der Waals surface area contributed by atoms with Gasteiger partial charge in [0.15, 0.2) is 5.16 Å². The lowest BCUT2D eigenvalue weighted by molar-refractivity contribution is -0.119. The number of rotatable bonds is 6. The number of thioether (sulfide) groups is 1. The van der Waals surface area contributed by atoms with Gasteiger partial charge in [0.25, 0.3) is 5.56 Å². The Balaban J connectivity index is 1.64. The maximum atomic E-state index is 13.3. The van der Waals surface area contributed by atoms with Crippen LogP contribution < -0.4 is 10.9 Å². The summed E-state index contributed by atoms with van der Waals surface area (Å²) < 4.78 is 7.16. The Kier molecular flexibility index (Phi) is 6.20. The van der Waals surface area contributed by atoms with Crippen molar-refractivity contribution in [2.45, 2.75) is 37.9 Å². The molecule has 1 atom stereocenters. The van der Waals surface area contributed by atoms with Crippen molar-refractivity contribution in [3.05, 3.63) is 63.9 Å². The number of amides is 1. The van der Waals surface area contributed by atoms with Gasteiger partial charge in [0.2, 0.25) is 5.91 Å². The molecule has 2 aromatic carbocycles. The van der Waals surface area contributed by atoms with Crippen molar-refractivity contribution in [3.8, 4) is 5.69 Å². The van der Waals surface area contributed by atoms with Gasteiger partial charge < -0.3 is 10.1 Å². The average Bonchev–Trinajstić information content (AvgIpc) is 3.24. The molecule has 1 aliphatic heterocycles. The number of hydrogen-bond acceptors (Lipinski definition) is 5. The van der Waals surface area contributed by atoms with E-state index < -0.39 is 0 Å². The van der Waals surface area contributed by atoms with Crippen molar-refractivity contribution in [2.24, 2.45) is 0 Å². The van der Waals surface area contributed by atoms with Crippen molar-refractivity contribution in [1.82, 2.24) is 14.9 Å². The number of fused-ring (bicyclic) bond motifs is 1. The standard InChI is InChI=1S/C23H25N3O3S/c1-15-10-16(2)12-17(11-15)26-22(28)19-7-3-4-8-20(19)25-23(26)30-14-21(27)24-13-18-6-5-9-29-18/h3-4,7-8,10-12,18H,5-6,9,13-14H2,1-2H3,(H,24,27)/t18-/m1/s1. The summed E-state index contributed by atoms with van der Waals surface area (Å²) in [5.41, 5.74) is 3.39. The molecule has 4 rings (SSSR count). The van der Waals surface area contributed by atoms with Crippen LogP contribution in [0.3, 0.4) is 0 Å².